The average molecular weight is 136 g/mol. The van der Waals surface area contributed by atoms with Gasteiger partial charge < -0.3 is 4.18 Å². The Morgan fingerprint density at radius 3 is 1.62 bits per heavy atom. The summed E-state index contributed by atoms with van der Waals surface area (Å²) < 4.78 is 5.28. The summed E-state index contributed by atoms with van der Waals surface area (Å²) >= 11 is 0. The first-order valence-corrected chi connectivity index (χ1v) is 5.22. The zero-order chi connectivity index (χ0) is 6.78. The second kappa shape index (κ2) is 2.74. The fraction of sp³-hybridized carbons (Fsp3) is 1.00. The topological polar surface area (TPSA) is 9.23 Å². The van der Waals surface area contributed by atoms with E-state index in [1.807, 2.05) is 0 Å². The van der Waals surface area contributed by atoms with Crippen molar-refractivity contribution in [2.24, 2.45) is 0 Å². The van der Waals surface area contributed by atoms with Crippen LogP contribution in [0.4, 0.5) is 0 Å². The zero-order valence-corrected chi connectivity index (χ0v) is 7.21. The molecule has 0 aromatic heterocycles. The lowest BCUT2D eigenvalue weighted by Gasteiger charge is -2.33. The van der Waals surface area contributed by atoms with Crippen LogP contribution in [0.5, 0.6) is 0 Å². The van der Waals surface area contributed by atoms with Crippen molar-refractivity contribution in [3.8, 4) is 0 Å². The second-order valence-electron chi connectivity index (χ2n) is 2.52. The third-order valence-corrected chi connectivity index (χ3v) is 4.69. The molecule has 0 N–H and O–H groups in total. The normalized spacial score (nSPS) is 14.8. The van der Waals surface area contributed by atoms with Gasteiger partial charge in [-0.25, -0.2) is 0 Å². The fourth-order valence-corrected chi connectivity index (χ4v) is 0.577. The SMILES string of the molecule is COS(C)(C)C(C)C. The van der Waals surface area contributed by atoms with Crippen molar-refractivity contribution in [3.05, 3.63) is 0 Å². The van der Waals surface area contributed by atoms with Gasteiger partial charge in [-0.05, 0) is 12.5 Å². The minimum atomic E-state index is -0.736. The van der Waals surface area contributed by atoms with Gasteiger partial charge in [0.15, 0.2) is 0 Å². The van der Waals surface area contributed by atoms with E-state index in [4.69, 9.17) is 4.18 Å². The highest BCUT2D eigenvalue weighted by molar-refractivity contribution is 8.29. The molecule has 0 aromatic carbocycles. The summed E-state index contributed by atoms with van der Waals surface area (Å²) in [5.41, 5.74) is 0. The highest BCUT2D eigenvalue weighted by atomic mass is 32.3. The van der Waals surface area contributed by atoms with E-state index in [-0.39, 0.29) is 0 Å². The maximum absolute atomic E-state index is 5.28. The Bertz CT molecular complexity index is 68.9. The van der Waals surface area contributed by atoms with Gasteiger partial charge in [0.2, 0.25) is 0 Å². The van der Waals surface area contributed by atoms with Gasteiger partial charge in [0.25, 0.3) is 0 Å². The van der Waals surface area contributed by atoms with Crippen molar-refractivity contribution in [2.75, 3.05) is 19.6 Å². The minimum absolute atomic E-state index is 0.674. The van der Waals surface area contributed by atoms with E-state index in [1.54, 1.807) is 7.11 Å². The molecule has 0 aliphatic heterocycles. The molecule has 0 atom stereocenters. The maximum Gasteiger partial charge on any atom is 0.0481 e. The molecule has 8 heavy (non-hydrogen) atoms. The van der Waals surface area contributed by atoms with Crippen LogP contribution in [-0.4, -0.2) is 24.9 Å². The molecule has 52 valence electrons. The molecule has 0 aromatic rings. The minimum Gasteiger partial charge on any atom is -0.340 e. The van der Waals surface area contributed by atoms with E-state index in [2.05, 4.69) is 26.4 Å². The van der Waals surface area contributed by atoms with Crippen LogP contribution >= 0.6 is 10.3 Å². The lowest BCUT2D eigenvalue weighted by molar-refractivity contribution is 0.466. The zero-order valence-electron chi connectivity index (χ0n) is 6.39. The van der Waals surface area contributed by atoms with E-state index in [0.717, 1.165) is 0 Å². The molecular weight excluding hydrogens is 120 g/mol. The van der Waals surface area contributed by atoms with E-state index >= 15 is 0 Å². The van der Waals surface area contributed by atoms with Crippen LogP contribution in [0.15, 0.2) is 0 Å². The van der Waals surface area contributed by atoms with Crippen LogP contribution < -0.4 is 0 Å². The molecule has 0 bridgehead atoms. The Kier molecular flexibility index (Phi) is 2.84. The summed E-state index contributed by atoms with van der Waals surface area (Å²) in [7, 11) is 1.05. The van der Waals surface area contributed by atoms with Crippen molar-refractivity contribution in [1.82, 2.24) is 0 Å². The molecule has 0 radical (unpaired) electrons. The highest BCUT2D eigenvalue weighted by Gasteiger charge is 2.13. The maximum atomic E-state index is 5.28. The third kappa shape index (κ3) is 2.05. The van der Waals surface area contributed by atoms with Gasteiger partial charge in [-0.2, -0.15) is 0 Å². The molecular formula is C6H16OS. The smallest absolute Gasteiger partial charge is 0.0481 e. The second-order valence-corrected chi connectivity index (χ2v) is 6.42. The molecule has 1 nitrogen and oxygen atoms in total. The predicted octanol–water partition coefficient (Wildman–Crippen LogP) is 2.02. The molecule has 0 rings (SSSR count). The lowest BCUT2D eigenvalue weighted by Crippen LogP contribution is -2.09. The largest absolute Gasteiger partial charge is 0.340 e. The van der Waals surface area contributed by atoms with Gasteiger partial charge in [0, 0.05) is 12.4 Å². The Morgan fingerprint density at radius 2 is 1.62 bits per heavy atom. The summed E-state index contributed by atoms with van der Waals surface area (Å²) in [5, 5.41) is 0.674. The average Bonchev–Trinajstić information content (AvgIpc) is 1.67. The van der Waals surface area contributed by atoms with Gasteiger partial charge in [-0.3, -0.25) is 0 Å². The number of hydrogen-bond acceptors (Lipinski definition) is 1. The Balaban J connectivity index is 3.71. The van der Waals surface area contributed by atoms with E-state index in [9.17, 15) is 0 Å². The Labute approximate surface area is 53.9 Å². The first kappa shape index (κ1) is 8.31. The summed E-state index contributed by atoms with van der Waals surface area (Å²) in [5.74, 6) is 0. The molecule has 0 fully saturated rings. The Hall–Kier alpha value is 0.310. The van der Waals surface area contributed by atoms with Crippen LogP contribution in [0.1, 0.15) is 13.8 Å². The van der Waals surface area contributed by atoms with Crippen LogP contribution in [0.25, 0.3) is 0 Å². The van der Waals surface area contributed by atoms with Crippen LogP contribution in [0.2, 0.25) is 0 Å². The molecule has 2 heteroatoms. The Morgan fingerprint density at radius 1 is 1.25 bits per heavy atom. The summed E-state index contributed by atoms with van der Waals surface area (Å²) in [4.78, 5) is 0. The first-order chi connectivity index (χ1) is 3.50. The molecule has 0 aliphatic rings. The quantitative estimate of drug-likeness (QED) is 0.564. The van der Waals surface area contributed by atoms with Crippen LogP contribution in [0, 0.1) is 0 Å². The summed E-state index contributed by atoms with van der Waals surface area (Å²) in [6.45, 7) is 4.39. The molecule has 0 saturated heterocycles. The van der Waals surface area contributed by atoms with Gasteiger partial charge in [-0.1, -0.05) is 13.8 Å². The molecule has 0 amide bonds. The summed E-state index contributed by atoms with van der Waals surface area (Å²) in [6.07, 6.45) is 4.36. The van der Waals surface area contributed by atoms with Crippen molar-refractivity contribution < 1.29 is 4.18 Å². The molecule has 0 aliphatic carbocycles. The number of hydrogen-bond donors (Lipinski definition) is 0. The van der Waals surface area contributed by atoms with E-state index in [1.165, 1.54) is 0 Å². The molecule has 0 spiro atoms. The van der Waals surface area contributed by atoms with E-state index in [0.29, 0.717) is 5.25 Å². The van der Waals surface area contributed by atoms with Crippen molar-refractivity contribution in [1.29, 1.82) is 0 Å². The molecule has 0 heterocycles. The van der Waals surface area contributed by atoms with Gasteiger partial charge in [0.05, 0.1) is 0 Å². The van der Waals surface area contributed by atoms with Gasteiger partial charge >= 0.3 is 0 Å². The third-order valence-electron chi connectivity index (χ3n) is 1.56. The lowest BCUT2D eigenvalue weighted by atomic mass is 10.6. The fourth-order valence-electron chi connectivity index (χ4n) is 0.192. The van der Waals surface area contributed by atoms with Gasteiger partial charge in [-0.15, -0.1) is 10.3 Å². The highest BCUT2D eigenvalue weighted by Crippen LogP contribution is 2.44. The van der Waals surface area contributed by atoms with Crippen LogP contribution in [0.3, 0.4) is 0 Å². The van der Waals surface area contributed by atoms with E-state index < -0.39 is 10.3 Å². The molecule has 0 unspecified atom stereocenters. The van der Waals surface area contributed by atoms with Crippen molar-refractivity contribution >= 4 is 10.3 Å². The standard InChI is InChI=1S/C6H16OS/c1-6(2)8(4,5)7-3/h6H,1-5H3. The first-order valence-electron chi connectivity index (χ1n) is 2.78. The molecule has 0 saturated carbocycles. The van der Waals surface area contributed by atoms with Gasteiger partial charge in [0.1, 0.15) is 0 Å². The van der Waals surface area contributed by atoms with Crippen molar-refractivity contribution in [3.63, 3.8) is 0 Å². The summed E-state index contributed by atoms with van der Waals surface area (Å²) in [6, 6.07) is 0. The van der Waals surface area contributed by atoms with Crippen molar-refractivity contribution in [2.45, 2.75) is 19.1 Å². The number of rotatable bonds is 2. The predicted molar refractivity (Wildman–Crippen MR) is 41.6 cm³/mol. The van der Waals surface area contributed by atoms with Crippen LogP contribution in [-0.2, 0) is 4.18 Å². The monoisotopic (exact) mass is 136 g/mol.